The SMILES string of the molecule is O=C(CCNC(=O)c1ccc(Br)cc1)Nc1ccc(C(=O)N2CCCC2)cc1. The maximum absolute atomic E-state index is 12.3. The molecule has 2 aromatic carbocycles. The Morgan fingerprint density at radius 1 is 0.893 bits per heavy atom. The lowest BCUT2D eigenvalue weighted by atomic mass is 10.2. The summed E-state index contributed by atoms with van der Waals surface area (Å²) < 4.78 is 0.900. The average Bonchev–Trinajstić information content (AvgIpc) is 3.23. The van der Waals surface area contributed by atoms with Crippen molar-refractivity contribution in [3.8, 4) is 0 Å². The molecule has 1 aliphatic rings. The Morgan fingerprint density at radius 2 is 1.50 bits per heavy atom. The van der Waals surface area contributed by atoms with Gasteiger partial charge in [-0.3, -0.25) is 14.4 Å². The van der Waals surface area contributed by atoms with Crippen molar-refractivity contribution in [2.45, 2.75) is 19.3 Å². The summed E-state index contributed by atoms with van der Waals surface area (Å²) in [4.78, 5) is 38.2. The molecule has 0 bridgehead atoms. The van der Waals surface area contributed by atoms with E-state index in [2.05, 4.69) is 26.6 Å². The Kier molecular flexibility index (Phi) is 6.81. The van der Waals surface area contributed by atoms with E-state index in [9.17, 15) is 14.4 Å². The first-order valence-electron chi connectivity index (χ1n) is 9.26. The summed E-state index contributed by atoms with van der Waals surface area (Å²) in [6.45, 7) is 1.86. The van der Waals surface area contributed by atoms with Crippen molar-refractivity contribution in [3.05, 3.63) is 64.1 Å². The van der Waals surface area contributed by atoms with Gasteiger partial charge in [-0.25, -0.2) is 0 Å². The van der Waals surface area contributed by atoms with Gasteiger partial charge in [0.05, 0.1) is 0 Å². The van der Waals surface area contributed by atoms with Crippen LogP contribution >= 0.6 is 15.9 Å². The van der Waals surface area contributed by atoms with Crippen LogP contribution in [0.5, 0.6) is 0 Å². The fourth-order valence-corrected chi connectivity index (χ4v) is 3.28. The molecule has 2 N–H and O–H groups in total. The lowest BCUT2D eigenvalue weighted by Gasteiger charge is -2.15. The van der Waals surface area contributed by atoms with Gasteiger partial charge < -0.3 is 15.5 Å². The molecule has 28 heavy (non-hydrogen) atoms. The van der Waals surface area contributed by atoms with E-state index in [-0.39, 0.29) is 30.7 Å². The number of rotatable bonds is 6. The fraction of sp³-hybridized carbons (Fsp3) is 0.286. The Morgan fingerprint density at radius 3 is 2.14 bits per heavy atom. The van der Waals surface area contributed by atoms with Crippen molar-refractivity contribution in [3.63, 3.8) is 0 Å². The second kappa shape index (κ2) is 9.50. The van der Waals surface area contributed by atoms with Crippen LogP contribution in [0.2, 0.25) is 0 Å². The first-order chi connectivity index (χ1) is 13.5. The Labute approximate surface area is 172 Å². The molecule has 3 rings (SSSR count). The van der Waals surface area contributed by atoms with Crippen LogP contribution in [0.3, 0.4) is 0 Å². The highest BCUT2D eigenvalue weighted by Gasteiger charge is 2.19. The predicted molar refractivity (Wildman–Crippen MR) is 111 cm³/mol. The molecule has 0 unspecified atom stereocenters. The number of carbonyl (C=O) groups excluding carboxylic acids is 3. The molecule has 1 fully saturated rings. The molecule has 0 saturated carbocycles. The molecular weight excluding hydrogens is 422 g/mol. The number of benzene rings is 2. The fourth-order valence-electron chi connectivity index (χ4n) is 3.02. The van der Waals surface area contributed by atoms with Crippen LogP contribution in [0.1, 0.15) is 40.0 Å². The van der Waals surface area contributed by atoms with Gasteiger partial charge in [-0.2, -0.15) is 0 Å². The largest absolute Gasteiger partial charge is 0.352 e. The molecule has 0 spiro atoms. The number of anilines is 1. The minimum Gasteiger partial charge on any atom is -0.352 e. The van der Waals surface area contributed by atoms with Gasteiger partial charge in [0, 0.05) is 47.3 Å². The van der Waals surface area contributed by atoms with Gasteiger partial charge in [0.25, 0.3) is 11.8 Å². The van der Waals surface area contributed by atoms with E-state index in [1.807, 2.05) is 4.90 Å². The molecule has 0 radical (unpaired) electrons. The summed E-state index contributed by atoms with van der Waals surface area (Å²) in [6, 6.07) is 13.9. The van der Waals surface area contributed by atoms with Crippen molar-refractivity contribution in [2.75, 3.05) is 25.0 Å². The van der Waals surface area contributed by atoms with E-state index >= 15 is 0 Å². The minimum atomic E-state index is -0.218. The summed E-state index contributed by atoms with van der Waals surface area (Å²) in [6.07, 6.45) is 2.27. The van der Waals surface area contributed by atoms with Crippen LogP contribution in [-0.2, 0) is 4.79 Å². The molecular formula is C21H22BrN3O3. The normalized spacial score (nSPS) is 13.2. The van der Waals surface area contributed by atoms with Gasteiger partial charge in [0.15, 0.2) is 0 Å². The first kappa shape index (κ1) is 20.1. The number of nitrogens with one attached hydrogen (secondary N) is 2. The van der Waals surface area contributed by atoms with Crippen LogP contribution in [0.15, 0.2) is 53.0 Å². The standard InChI is InChI=1S/C21H22BrN3O3/c22-17-7-3-15(4-8-17)20(27)23-12-11-19(26)24-18-9-5-16(6-10-18)21(28)25-13-1-2-14-25/h3-10H,1-2,11-14H2,(H,23,27)(H,24,26). The highest BCUT2D eigenvalue weighted by atomic mass is 79.9. The van der Waals surface area contributed by atoms with Crippen LogP contribution in [0.25, 0.3) is 0 Å². The van der Waals surface area contributed by atoms with Crippen molar-refractivity contribution in [2.24, 2.45) is 0 Å². The number of hydrogen-bond acceptors (Lipinski definition) is 3. The molecule has 0 atom stereocenters. The Bertz CT molecular complexity index is 844. The number of hydrogen-bond donors (Lipinski definition) is 2. The zero-order valence-electron chi connectivity index (χ0n) is 15.4. The van der Waals surface area contributed by atoms with Crippen molar-refractivity contribution < 1.29 is 14.4 Å². The molecule has 0 aliphatic carbocycles. The van der Waals surface area contributed by atoms with E-state index in [1.54, 1.807) is 48.5 Å². The maximum Gasteiger partial charge on any atom is 0.253 e. The number of halogens is 1. The van der Waals surface area contributed by atoms with E-state index < -0.39 is 0 Å². The third-order valence-electron chi connectivity index (χ3n) is 4.55. The van der Waals surface area contributed by atoms with Gasteiger partial charge in [0.1, 0.15) is 0 Å². The van der Waals surface area contributed by atoms with E-state index in [1.165, 1.54) is 0 Å². The lowest BCUT2D eigenvalue weighted by Crippen LogP contribution is -2.28. The number of nitrogens with zero attached hydrogens (tertiary/aromatic N) is 1. The van der Waals surface area contributed by atoms with Gasteiger partial charge in [0.2, 0.25) is 5.91 Å². The summed E-state index contributed by atoms with van der Waals surface area (Å²) in [7, 11) is 0. The molecule has 7 heteroatoms. The lowest BCUT2D eigenvalue weighted by molar-refractivity contribution is -0.116. The number of amides is 3. The van der Waals surface area contributed by atoms with E-state index in [0.29, 0.717) is 16.8 Å². The van der Waals surface area contributed by atoms with Crippen molar-refractivity contribution in [1.82, 2.24) is 10.2 Å². The minimum absolute atomic E-state index is 0.0334. The van der Waals surface area contributed by atoms with Crippen molar-refractivity contribution in [1.29, 1.82) is 0 Å². The summed E-state index contributed by atoms with van der Waals surface area (Å²) >= 11 is 3.32. The van der Waals surface area contributed by atoms with E-state index in [0.717, 1.165) is 30.4 Å². The highest BCUT2D eigenvalue weighted by Crippen LogP contribution is 2.15. The Hall–Kier alpha value is -2.67. The molecule has 1 saturated heterocycles. The smallest absolute Gasteiger partial charge is 0.253 e. The summed E-state index contributed by atoms with van der Waals surface area (Å²) in [5.41, 5.74) is 1.80. The number of carbonyl (C=O) groups is 3. The van der Waals surface area contributed by atoms with Gasteiger partial charge in [-0.1, -0.05) is 15.9 Å². The third kappa shape index (κ3) is 5.42. The van der Waals surface area contributed by atoms with Crippen LogP contribution < -0.4 is 10.6 Å². The maximum atomic E-state index is 12.3. The summed E-state index contributed by atoms with van der Waals surface area (Å²) in [5, 5.41) is 5.50. The highest BCUT2D eigenvalue weighted by molar-refractivity contribution is 9.10. The molecule has 6 nitrogen and oxygen atoms in total. The first-order valence-corrected chi connectivity index (χ1v) is 10.1. The predicted octanol–water partition coefficient (Wildman–Crippen LogP) is 3.44. The van der Waals surface area contributed by atoms with Gasteiger partial charge in [-0.05, 0) is 61.4 Å². The second-order valence-electron chi connectivity index (χ2n) is 6.64. The third-order valence-corrected chi connectivity index (χ3v) is 5.08. The zero-order chi connectivity index (χ0) is 19.9. The molecule has 1 aliphatic heterocycles. The molecule has 146 valence electrons. The molecule has 3 amide bonds. The molecule has 1 heterocycles. The number of likely N-dealkylation sites (tertiary alicyclic amines) is 1. The van der Waals surface area contributed by atoms with E-state index in [4.69, 9.17) is 0 Å². The molecule has 0 aromatic heterocycles. The van der Waals surface area contributed by atoms with Crippen molar-refractivity contribution >= 4 is 39.3 Å². The van der Waals surface area contributed by atoms with Crippen LogP contribution in [-0.4, -0.2) is 42.3 Å². The van der Waals surface area contributed by atoms with Gasteiger partial charge >= 0.3 is 0 Å². The van der Waals surface area contributed by atoms with Crippen LogP contribution in [0.4, 0.5) is 5.69 Å². The average molecular weight is 444 g/mol. The quantitative estimate of drug-likeness (QED) is 0.717. The zero-order valence-corrected chi connectivity index (χ0v) is 17.0. The Balaban J connectivity index is 1.43. The van der Waals surface area contributed by atoms with Gasteiger partial charge in [-0.15, -0.1) is 0 Å². The molecule has 2 aromatic rings. The van der Waals surface area contributed by atoms with Crippen LogP contribution in [0, 0.1) is 0 Å². The second-order valence-corrected chi connectivity index (χ2v) is 7.55. The monoisotopic (exact) mass is 443 g/mol. The topological polar surface area (TPSA) is 78.5 Å². The summed E-state index contributed by atoms with van der Waals surface area (Å²) in [5.74, 6) is -0.383.